The highest BCUT2D eigenvalue weighted by Gasteiger charge is 2.26. The molecule has 1 aromatic heterocycles. The van der Waals surface area contributed by atoms with Crippen LogP contribution in [-0.4, -0.2) is 48.7 Å². The van der Waals surface area contributed by atoms with Crippen molar-refractivity contribution in [2.24, 2.45) is 0 Å². The van der Waals surface area contributed by atoms with Gasteiger partial charge in [0.05, 0.1) is 6.54 Å². The Labute approximate surface area is 141 Å². The number of tetrazole rings is 1. The number of nitrogens with zero attached hydrogens (tertiary/aromatic N) is 5. The molecule has 1 N–H and O–H groups in total. The fraction of sp³-hybridized carbons (Fsp3) is 0.529. The van der Waals surface area contributed by atoms with E-state index in [4.69, 9.17) is 0 Å². The molecule has 0 aliphatic carbocycles. The molecule has 0 spiro atoms. The van der Waals surface area contributed by atoms with E-state index in [-0.39, 0.29) is 11.9 Å². The van der Waals surface area contributed by atoms with Crippen LogP contribution in [0.3, 0.4) is 0 Å². The maximum absolute atomic E-state index is 12.6. The number of phenols is 1. The van der Waals surface area contributed by atoms with Gasteiger partial charge in [-0.05, 0) is 60.2 Å². The number of aromatic hydroxyl groups is 1. The van der Waals surface area contributed by atoms with Crippen LogP contribution in [0.25, 0.3) is 0 Å². The van der Waals surface area contributed by atoms with Crippen molar-refractivity contribution in [1.82, 2.24) is 25.1 Å². The fourth-order valence-electron chi connectivity index (χ4n) is 3.31. The third kappa shape index (κ3) is 4.31. The van der Waals surface area contributed by atoms with Gasteiger partial charge < -0.3 is 10.0 Å². The number of aromatic nitrogens is 4. The summed E-state index contributed by atoms with van der Waals surface area (Å²) in [7, 11) is 0. The van der Waals surface area contributed by atoms with E-state index in [2.05, 4.69) is 15.5 Å². The monoisotopic (exact) mass is 329 g/mol. The summed E-state index contributed by atoms with van der Waals surface area (Å²) < 4.78 is 1.59. The lowest BCUT2D eigenvalue weighted by Gasteiger charge is -2.36. The topological polar surface area (TPSA) is 84.1 Å². The largest absolute Gasteiger partial charge is 0.508 e. The minimum Gasteiger partial charge on any atom is -0.508 e. The number of benzene rings is 1. The number of likely N-dealkylation sites (tertiary alicyclic amines) is 1. The predicted octanol–water partition coefficient (Wildman–Crippen LogP) is 1.78. The first kappa shape index (κ1) is 16.4. The van der Waals surface area contributed by atoms with E-state index in [1.165, 1.54) is 12.7 Å². The average Bonchev–Trinajstić information content (AvgIpc) is 3.12. The normalized spacial score (nSPS) is 17.8. The number of aryl methyl sites for hydroxylation is 2. The molecule has 1 amide bonds. The second kappa shape index (κ2) is 7.90. The summed E-state index contributed by atoms with van der Waals surface area (Å²) in [5.41, 5.74) is 1.11. The molecule has 0 unspecified atom stereocenters. The third-order valence-electron chi connectivity index (χ3n) is 4.57. The molecule has 0 bridgehead atoms. The van der Waals surface area contributed by atoms with Crippen LogP contribution < -0.4 is 0 Å². The first-order valence-corrected chi connectivity index (χ1v) is 8.50. The van der Waals surface area contributed by atoms with Crippen molar-refractivity contribution in [3.8, 4) is 5.75 Å². The molecule has 0 radical (unpaired) electrons. The number of rotatable bonds is 6. The van der Waals surface area contributed by atoms with Gasteiger partial charge >= 0.3 is 0 Å². The van der Waals surface area contributed by atoms with Crippen LogP contribution >= 0.6 is 0 Å². The summed E-state index contributed by atoms with van der Waals surface area (Å²) in [6, 6.07) is 7.64. The number of piperidine rings is 1. The second-order valence-corrected chi connectivity index (χ2v) is 6.27. The van der Waals surface area contributed by atoms with Crippen LogP contribution in [0.4, 0.5) is 0 Å². The second-order valence-electron chi connectivity index (χ2n) is 6.27. The minimum absolute atomic E-state index is 0.172. The Kier molecular flexibility index (Phi) is 5.40. The van der Waals surface area contributed by atoms with Crippen LogP contribution in [0.5, 0.6) is 5.75 Å². The Morgan fingerprint density at radius 1 is 1.33 bits per heavy atom. The lowest BCUT2D eigenvalue weighted by molar-refractivity contribution is -0.135. The van der Waals surface area contributed by atoms with E-state index in [1.807, 2.05) is 17.0 Å². The molecule has 2 heterocycles. The Bertz CT molecular complexity index is 659. The van der Waals surface area contributed by atoms with Gasteiger partial charge in [0.25, 0.3) is 0 Å². The molecule has 1 aliphatic heterocycles. The molecular formula is C17H23N5O2. The molecule has 1 atom stereocenters. The molecule has 128 valence electrons. The van der Waals surface area contributed by atoms with E-state index in [0.717, 1.165) is 37.8 Å². The highest BCUT2D eigenvalue weighted by Crippen LogP contribution is 2.23. The van der Waals surface area contributed by atoms with Crippen LogP contribution in [0.15, 0.2) is 30.6 Å². The standard InChI is InChI=1S/C17H23N5O2/c23-16-6-3-4-14(12-16)7-8-15-5-1-2-10-22(15)17(24)9-11-21-13-18-19-20-21/h3-4,6,12-13,15,23H,1-2,5,7-11H2/t15-/m0/s1. The molecule has 1 fully saturated rings. The van der Waals surface area contributed by atoms with Crippen molar-refractivity contribution in [3.63, 3.8) is 0 Å². The zero-order chi connectivity index (χ0) is 16.8. The van der Waals surface area contributed by atoms with Crippen molar-refractivity contribution < 1.29 is 9.90 Å². The number of phenolic OH excluding ortho intramolecular Hbond substituents is 1. The van der Waals surface area contributed by atoms with E-state index in [1.54, 1.807) is 16.8 Å². The minimum atomic E-state index is 0.172. The lowest BCUT2D eigenvalue weighted by Crippen LogP contribution is -2.44. The summed E-state index contributed by atoms with van der Waals surface area (Å²) in [5, 5.41) is 20.5. The molecular weight excluding hydrogens is 306 g/mol. The zero-order valence-corrected chi connectivity index (χ0v) is 13.7. The first-order chi connectivity index (χ1) is 11.7. The number of hydrogen-bond donors (Lipinski definition) is 1. The van der Waals surface area contributed by atoms with Gasteiger partial charge in [-0.25, -0.2) is 4.68 Å². The fourth-order valence-corrected chi connectivity index (χ4v) is 3.31. The first-order valence-electron chi connectivity index (χ1n) is 8.50. The smallest absolute Gasteiger partial charge is 0.224 e. The van der Waals surface area contributed by atoms with Gasteiger partial charge in [-0.3, -0.25) is 4.79 Å². The predicted molar refractivity (Wildman–Crippen MR) is 88.2 cm³/mol. The number of carbonyl (C=O) groups excluding carboxylic acids is 1. The Balaban J connectivity index is 1.55. The molecule has 3 rings (SSSR count). The maximum atomic E-state index is 12.6. The summed E-state index contributed by atoms with van der Waals surface area (Å²) in [6.45, 7) is 1.35. The quantitative estimate of drug-likeness (QED) is 0.873. The van der Waals surface area contributed by atoms with E-state index < -0.39 is 0 Å². The lowest BCUT2D eigenvalue weighted by atomic mass is 9.95. The summed E-state index contributed by atoms with van der Waals surface area (Å²) in [4.78, 5) is 14.6. The summed E-state index contributed by atoms with van der Waals surface area (Å²) in [6.07, 6.45) is 7.04. The number of carbonyl (C=O) groups is 1. The molecule has 2 aromatic rings. The number of amides is 1. The molecule has 7 nitrogen and oxygen atoms in total. The van der Waals surface area contributed by atoms with Gasteiger partial charge in [-0.15, -0.1) is 5.10 Å². The van der Waals surface area contributed by atoms with Crippen molar-refractivity contribution in [2.45, 2.75) is 51.1 Å². The van der Waals surface area contributed by atoms with Gasteiger partial charge in [0.1, 0.15) is 12.1 Å². The van der Waals surface area contributed by atoms with E-state index in [9.17, 15) is 9.90 Å². The molecule has 1 aromatic carbocycles. The van der Waals surface area contributed by atoms with Crippen LogP contribution in [0, 0.1) is 0 Å². The van der Waals surface area contributed by atoms with Crippen molar-refractivity contribution in [3.05, 3.63) is 36.2 Å². The highest BCUT2D eigenvalue weighted by atomic mass is 16.3. The van der Waals surface area contributed by atoms with Gasteiger partial charge in [0.15, 0.2) is 0 Å². The Morgan fingerprint density at radius 2 is 2.25 bits per heavy atom. The maximum Gasteiger partial charge on any atom is 0.224 e. The molecule has 1 saturated heterocycles. The van der Waals surface area contributed by atoms with E-state index >= 15 is 0 Å². The SMILES string of the molecule is O=C(CCn1cnnn1)N1CCCC[C@H]1CCc1cccc(O)c1. The highest BCUT2D eigenvalue weighted by molar-refractivity contribution is 5.76. The third-order valence-corrected chi connectivity index (χ3v) is 4.57. The molecule has 7 heteroatoms. The number of hydrogen-bond acceptors (Lipinski definition) is 5. The zero-order valence-electron chi connectivity index (χ0n) is 13.7. The molecule has 1 aliphatic rings. The van der Waals surface area contributed by atoms with E-state index in [0.29, 0.717) is 18.7 Å². The Hall–Kier alpha value is -2.44. The molecule has 24 heavy (non-hydrogen) atoms. The summed E-state index contributed by atoms with van der Waals surface area (Å²) in [5.74, 6) is 0.469. The summed E-state index contributed by atoms with van der Waals surface area (Å²) >= 11 is 0. The molecule has 0 saturated carbocycles. The Morgan fingerprint density at radius 3 is 3.04 bits per heavy atom. The van der Waals surface area contributed by atoms with Crippen molar-refractivity contribution >= 4 is 5.91 Å². The van der Waals surface area contributed by atoms with Crippen LogP contribution in [0.2, 0.25) is 0 Å². The van der Waals surface area contributed by atoms with Gasteiger partial charge in [0.2, 0.25) is 5.91 Å². The van der Waals surface area contributed by atoms with Gasteiger partial charge in [-0.1, -0.05) is 12.1 Å². The average molecular weight is 329 g/mol. The van der Waals surface area contributed by atoms with Gasteiger partial charge in [0, 0.05) is 19.0 Å². The van der Waals surface area contributed by atoms with Crippen LogP contribution in [-0.2, 0) is 17.8 Å². The van der Waals surface area contributed by atoms with Crippen LogP contribution in [0.1, 0.15) is 37.7 Å². The van der Waals surface area contributed by atoms with Crippen molar-refractivity contribution in [1.29, 1.82) is 0 Å². The van der Waals surface area contributed by atoms with Crippen molar-refractivity contribution in [2.75, 3.05) is 6.54 Å². The van der Waals surface area contributed by atoms with Gasteiger partial charge in [-0.2, -0.15) is 0 Å².